The Balaban J connectivity index is 1.74. The Morgan fingerprint density at radius 3 is 2.63 bits per heavy atom. The van der Waals surface area contributed by atoms with E-state index in [4.69, 9.17) is 16.6 Å². The quantitative estimate of drug-likeness (QED) is 0.552. The molecule has 0 fully saturated rings. The molecule has 5 heteroatoms. The summed E-state index contributed by atoms with van der Waals surface area (Å²) in [6.07, 6.45) is 0.871. The SMILES string of the molecule is CC1=C(c2ccccc2)C(=O)N(C(C)(C)c2nc3cc(Cl)ccc3s2)CC1. The third-order valence-corrected chi connectivity index (χ3v) is 6.79. The smallest absolute Gasteiger partial charge is 0.255 e. The van der Waals surface area contributed by atoms with E-state index >= 15 is 0 Å². The lowest BCUT2D eigenvalue weighted by Crippen LogP contribution is -2.48. The van der Waals surface area contributed by atoms with E-state index in [0.717, 1.165) is 38.4 Å². The fourth-order valence-electron chi connectivity index (χ4n) is 3.61. The van der Waals surface area contributed by atoms with Gasteiger partial charge in [-0.3, -0.25) is 4.79 Å². The van der Waals surface area contributed by atoms with Crippen molar-refractivity contribution in [2.75, 3.05) is 6.54 Å². The number of fused-ring (bicyclic) bond motifs is 1. The van der Waals surface area contributed by atoms with Crippen LogP contribution in [0.5, 0.6) is 0 Å². The number of aromatic nitrogens is 1. The molecular formula is C22H21ClN2OS. The number of benzene rings is 2. The molecule has 1 aliphatic heterocycles. The predicted octanol–water partition coefficient (Wildman–Crippen LogP) is 5.89. The Morgan fingerprint density at radius 1 is 1.15 bits per heavy atom. The molecule has 0 aliphatic carbocycles. The van der Waals surface area contributed by atoms with Crippen LogP contribution in [0.3, 0.4) is 0 Å². The number of rotatable bonds is 3. The number of nitrogens with zero attached hydrogens (tertiary/aromatic N) is 2. The Labute approximate surface area is 168 Å². The summed E-state index contributed by atoms with van der Waals surface area (Å²) in [5, 5.41) is 1.61. The average molecular weight is 397 g/mol. The van der Waals surface area contributed by atoms with Gasteiger partial charge in [-0.25, -0.2) is 4.98 Å². The van der Waals surface area contributed by atoms with E-state index in [-0.39, 0.29) is 5.91 Å². The van der Waals surface area contributed by atoms with Gasteiger partial charge in [0.15, 0.2) is 0 Å². The van der Waals surface area contributed by atoms with Crippen LogP contribution in [-0.4, -0.2) is 22.3 Å². The summed E-state index contributed by atoms with van der Waals surface area (Å²) in [7, 11) is 0. The molecule has 2 heterocycles. The molecule has 3 aromatic rings. The zero-order chi connectivity index (χ0) is 19.2. The first-order chi connectivity index (χ1) is 12.9. The Hall–Kier alpha value is -2.17. The summed E-state index contributed by atoms with van der Waals surface area (Å²) in [5.41, 5.74) is 3.34. The van der Waals surface area contributed by atoms with Crippen LogP contribution in [0.2, 0.25) is 5.02 Å². The van der Waals surface area contributed by atoms with Gasteiger partial charge in [-0.15, -0.1) is 11.3 Å². The first-order valence-electron chi connectivity index (χ1n) is 9.01. The number of carbonyl (C=O) groups is 1. The molecule has 0 unspecified atom stereocenters. The number of halogens is 1. The largest absolute Gasteiger partial charge is 0.327 e. The topological polar surface area (TPSA) is 33.2 Å². The van der Waals surface area contributed by atoms with Gasteiger partial charge >= 0.3 is 0 Å². The highest BCUT2D eigenvalue weighted by molar-refractivity contribution is 7.18. The van der Waals surface area contributed by atoms with E-state index in [9.17, 15) is 4.79 Å². The lowest BCUT2D eigenvalue weighted by molar-refractivity contribution is -0.131. The normalized spacial score (nSPS) is 15.7. The van der Waals surface area contributed by atoms with Gasteiger partial charge < -0.3 is 4.90 Å². The van der Waals surface area contributed by atoms with Crippen LogP contribution >= 0.6 is 22.9 Å². The van der Waals surface area contributed by atoms with Crippen LogP contribution < -0.4 is 0 Å². The lowest BCUT2D eigenvalue weighted by Gasteiger charge is -2.40. The number of hydrogen-bond acceptors (Lipinski definition) is 3. The molecule has 27 heavy (non-hydrogen) atoms. The maximum atomic E-state index is 13.4. The second-order valence-corrected chi connectivity index (χ2v) is 8.89. The summed E-state index contributed by atoms with van der Waals surface area (Å²) in [4.78, 5) is 20.2. The van der Waals surface area contributed by atoms with E-state index in [0.29, 0.717) is 11.6 Å². The minimum atomic E-state index is -0.492. The molecule has 1 amide bonds. The molecule has 0 bridgehead atoms. The molecule has 1 aromatic heterocycles. The minimum absolute atomic E-state index is 0.0761. The molecular weight excluding hydrogens is 376 g/mol. The van der Waals surface area contributed by atoms with Gasteiger partial charge in [0, 0.05) is 17.1 Å². The van der Waals surface area contributed by atoms with Crippen LogP contribution in [0.25, 0.3) is 15.8 Å². The highest BCUT2D eigenvalue weighted by atomic mass is 35.5. The highest BCUT2D eigenvalue weighted by Crippen LogP contribution is 2.39. The fraction of sp³-hybridized carbons (Fsp3) is 0.273. The molecule has 0 saturated carbocycles. The molecule has 0 spiro atoms. The van der Waals surface area contributed by atoms with Gasteiger partial charge in [-0.2, -0.15) is 0 Å². The third kappa shape index (κ3) is 3.17. The van der Waals surface area contributed by atoms with Crippen molar-refractivity contribution in [1.29, 1.82) is 0 Å². The second kappa shape index (κ2) is 6.77. The molecule has 2 aromatic carbocycles. The maximum absolute atomic E-state index is 13.4. The van der Waals surface area contributed by atoms with Crippen molar-refractivity contribution in [1.82, 2.24) is 9.88 Å². The van der Waals surface area contributed by atoms with Crippen molar-refractivity contribution >= 4 is 44.6 Å². The zero-order valence-electron chi connectivity index (χ0n) is 15.6. The standard InChI is InChI=1S/C22H21ClN2OS/c1-14-11-12-25(20(26)19(14)15-7-5-4-6-8-15)22(2,3)21-24-17-13-16(23)9-10-18(17)27-21/h4-10,13H,11-12H2,1-3H3. The molecule has 0 N–H and O–H groups in total. The van der Waals surface area contributed by atoms with Gasteiger partial charge in [0.1, 0.15) is 5.01 Å². The summed E-state index contributed by atoms with van der Waals surface area (Å²) in [6.45, 7) is 6.91. The second-order valence-electron chi connectivity index (χ2n) is 7.42. The van der Waals surface area contributed by atoms with E-state index < -0.39 is 5.54 Å². The van der Waals surface area contributed by atoms with Crippen molar-refractivity contribution in [2.24, 2.45) is 0 Å². The first-order valence-corrected chi connectivity index (χ1v) is 10.2. The monoisotopic (exact) mass is 396 g/mol. The zero-order valence-corrected chi connectivity index (χ0v) is 17.2. The van der Waals surface area contributed by atoms with E-state index in [1.54, 1.807) is 11.3 Å². The van der Waals surface area contributed by atoms with Gasteiger partial charge in [0.2, 0.25) is 0 Å². The summed E-state index contributed by atoms with van der Waals surface area (Å²) in [6, 6.07) is 15.7. The molecule has 138 valence electrons. The Bertz CT molecular complexity index is 1050. The fourth-order valence-corrected chi connectivity index (χ4v) is 4.83. The van der Waals surface area contributed by atoms with Gasteiger partial charge in [-0.05, 0) is 51.0 Å². The van der Waals surface area contributed by atoms with Crippen LogP contribution in [0.1, 0.15) is 37.8 Å². The molecule has 4 rings (SSSR count). The van der Waals surface area contributed by atoms with Crippen LogP contribution in [0.15, 0.2) is 54.1 Å². The molecule has 0 atom stereocenters. The number of hydrogen-bond donors (Lipinski definition) is 0. The predicted molar refractivity (Wildman–Crippen MR) is 113 cm³/mol. The number of thiazole rings is 1. The summed E-state index contributed by atoms with van der Waals surface area (Å²) < 4.78 is 1.09. The van der Waals surface area contributed by atoms with E-state index in [1.807, 2.05) is 53.4 Å². The van der Waals surface area contributed by atoms with Crippen LogP contribution in [0, 0.1) is 0 Å². The van der Waals surface area contributed by atoms with Gasteiger partial charge in [-0.1, -0.05) is 47.5 Å². The summed E-state index contributed by atoms with van der Waals surface area (Å²) >= 11 is 7.74. The lowest BCUT2D eigenvalue weighted by atomic mass is 9.90. The van der Waals surface area contributed by atoms with Crippen LogP contribution in [0.4, 0.5) is 0 Å². The minimum Gasteiger partial charge on any atom is -0.327 e. The number of amides is 1. The van der Waals surface area contributed by atoms with Crippen LogP contribution in [-0.2, 0) is 10.3 Å². The summed E-state index contributed by atoms with van der Waals surface area (Å²) in [5.74, 6) is 0.0761. The van der Waals surface area contributed by atoms with Crippen molar-refractivity contribution < 1.29 is 4.79 Å². The Morgan fingerprint density at radius 2 is 1.89 bits per heavy atom. The number of carbonyl (C=O) groups excluding carboxylic acids is 1. The van der Waals surface area contributed by atoms with Crippen molar-refractivity contribution in [3.63, 3.8) is 0 Å². The van der Waals surface area contributed by atoms with Crippen molar-refractivity contribution in [3.8, 4) is 0 Å². The average Bonchev–Trinajstić information content (AvgIpc) is 3.06. The van der Waals surface area contributed by atoms with Crippen molar-refractivity contribution in [2.45, 2.75) is 32.7 Å². The maximum Gasteiger partial charge on any atom is 0.255 e. The molecule has 0 radical (unpaired) electrons. The van der Waals surface area contributed by atoms with E-state index in [2.05, 4.69) is 20.8 Å². The van der Waals surface area contributed by atoms with E-state index in [1.165, 1.54) is 0 Å². The third-order valence-electron chi connectivity index (χ3n) is 5.21. The molecule has 0 saturated heterocycles. The van der Waals surface area contributed by atoms with Gasteiger partial charge in [0.25, 0.3) is 5.91 Å². The van der Waals surface area contributed by atoms with Crippen molar-refractivity contribution in [3.05, 3.63) is 69.7 Å². The first kappa shape index (κ1) is 18.2. The Kier molecular flexibility index (Phi) is 4.57. The molecule has 3 nitrogen and oxygen atoms in total. The molecule has 1 aliphatic rings. The highest BCUT2D eigenvalue weighted by Gasteiger charge is 2.39. The van der Waals surface area contributed by atoms with Gasteiger partial charge in [0.05, 0.1) is 15.8 Å².